The van der Waals surface area contributed by atoms with Crippen molar-refractivity contribution in [1.29, 1.82) is 0 Å². The maximum Gasteiger partial charge on any atom is 0.227 e. The molecule has 182 valence electrons. The van der Waals surface area contributed by atoms with Gasteiger partial charge in [0, 0.05) is 44.5 Å². The van der Waals surface area contributed by atoms with Gasteiger partial charge >= 0.3 is 0 Å². The third-order valence-electron chi connectivity index (χ3n) is 7.24. The summed E-state index contributed by atoms with van der Waals surface area (Å²) >= 11 is 6.20. The van der Waals surface area contributed by atoms with Gasteiger partial charge in [-0.1, -0.05) is 49.2 Å². The number of ketones is 1. The first-order chi connectivity index (χ1) is 16.4. The smallest absolute Gasteiger partial charge is 0.227 e. The van der Waals surface area contributed by atoms with Crippen LogP contribution < -0.4 is 9.64 Å². The molecule has 0 amide bonds. The van der Waals surface area contributed by atoms with Crippen LogP contribution >= 0.6 is 11.6 Å². The topological polar surface area (TPSA) is 60.2 Å². The highest BCUT2D eigenvalue weighted by molar-refractivity contribution is 6.34. The van der Waals surface area contributed by atoms with Crippen molar-refractivity contribution in [1.82, 2.24) is 14.8 Å². The summed E-state index contributed by atoms with van der Waals surface area (Å²) in [4.78, 5) is 14.5. The average Bonchev–Trinajstić information content (AvgIpc) is 3.42. The third kappa shape index (κ3) is 4.78. The van der Waals surface area contributed by atoms with Crippen LogP contribution in [-0.4, -0.2) is 39.7 Å². The fraction of sp³-hybridized carbons (Fsp3) is 0.519. The highest BCUT2D eigenvalue weighted by Crippen LogP contribution is 2.41. The number of ether oxygens (including phenoxy) is 1. The third-order valence-corrected chi connectivity index (χ3v) is 7.57. The summed E-state index contributed by atoms with van der Waals surface area (Å²) in [6.45, 7) is 11.1. The molecule has 1 aromatic carbocycles. The zero-order valence-electron chi connectivity index (χ0n) is 20.7. The summed E-state index contributed by atoms with van der Waals surface area (Å²) in [7, 11) is 0. The Labute approximate surface area is 207 Å². The molecule has 1 fully saturated rings. The number of piperidine rings is 1. The van der Waals surface area contributed by atoms with Crippen molar-refractivity contribution in [3.63, 3.8) is 0 Å². The molecule has 0 N–H and O–H groups in total. The van der Waals surface area contributed by atoms with E-state index >= 15 is 0 Å². The minimum Gasteiger partial charge on any atom is -0.490 e. The van der Waals surface area contributed by atoms with Crippen molar-refractivity contribution >= 4 is 23.3 Å². The van der Waals surface area contributed by atoms with Crippen molar-refractivity contribution in [2.45, 2.75) is 77.9 Å². The van der Waals surface area contributed by atoms with Gasteiger partial charge < -0.3 is 9.64 Å². The molecule has 0 spiro atoms. The Kier molecular flexibility index (Phi) is 7.46. The molecule has 1 atom stereocenters. The van der Waals surface area contributed by atoms with E-state index in [-0.39, 0.29) is 17.3 Å². The SMILES string of the molecule is CC/C=C\C=C(/C)C1(C)CCn2c(N3CCC(Oc4ccc(Cl)c(C(=O)CC)c4)CC3)nnc21. The number of benzene rings is 1. The van der Waals surface area contributed by atoms with Gasteiger partial charge in [-0.05, 0) is 44.9 Å². The van der Waals surface area contributed by atoms with E-state index in [9.17, 15) is 4.79 Å². The van der Waals surface area contributed by atoms with E-state index in [0.717, 1.165) is 57.1 Å². The van der Waals surface area contributed by atoms with E-state index in [2.05, 4.69) is 58.7 Å². The fourth-order valence-corrected chi connectivity index (χ4v) is 5.07. The molecule has 0 saturated carbocycles. The highest BCUT2D eigenvalue weighted by atomic mass is 35.5. The van der Waals surface area contributed by atoms with E-state index in [1.54, 1.807) is 12.1 Å². The number of halogens is 1. The molecule has 2 aromatic rings. The zero-order chi connectivity index (χ0) is 24.3. The molecule has 4 rings (SSSR count). The summed E-state index contributed by atoms with van der Waals surface area (Å²) in [5, 5.41) is 9.71. The number of hydrogen-bond donors (Lipinski definition) is 0. The second-order valence-electron chi connectivity index (χ2n) is 9.47. The van der Waals surface area contributed by atoms with Gasteiger partial charge in [-0.2, -0.15) is 0 Å². The first-order valence-electron chi connectivity index (χ1n) is 12.4. The van der Waals surface area contributed by atoms with Crippen molar-refractivity contribution in [3.8, 4) is 5.75 Å². The lowest BCUT2D eigenvalue weighted by molar-refractivity contribution is 0.0987. The van der Waals surface area contributed by atoms with Crippen molar-refractivity contribution in [3.05, 3.63) is 58.4 Å². The number of nitrogens with zero attached hydrogens (tertiary/aromatic N) is 4. The Balaban J connectivity index is 1.41. The van der Waals surface area contributed by atoms with Crippen LogP contribution in [0.2, 0.25) is 5.02 Å². The molecule has 0 bridgehead atoms. The van der Waals surface area contributed by atoms with Gasteiger partial charge in [-0.3, -0.25) is 9.36 Å². The van der Waals surface area contributed by atoms with Gasteiger partial charge in [0.15, 0.2) is 5.78 Å². The van der Waals surface area contributed by atoms with Crippen molar-refractivity contribution < 1.29 is 9.53 Å². The highest BCUT2D eigenvalue weighted by Gasteiger charge is 2.41. The van der Waals surface area contributed by atoms with Gasteiger partial charge in [0.25, 0.3) is 0 Å². The van der Waals surface area contributed by atoms with Crippen LogP contribution in [0.15, 0.2) is 42.0 Å². The van der Waals surface area contributed by atoms with E-state index in [1.165, 1.54) is 5.57 Å². The normalized spacial score (nSPS) is 21.3. The fourth-order valence-electron chi connectivity index (χ4n) is 4.84. The van der Waals surface area contributed by atoms with Crippen molar-refractivity contribution in [2.24, 2.45) is 0 Å². The summed E-state index contributed by atoms with van der Waals surface area (Å²) in [6, 6.07) is 5.37. The first-order valence-corrected chi connectivity index (χ1v) is 12.8. The maximum absolute atomic E-state index is 12.1. The Bertz CT molecular complexity index is 1100. The molecule has 0 aliphatic carbocycles. The molecule has 2 aliphatic heterocycles. The molecule has 7 heteroatoms. The Hall–Kier alpha value is -2.60. The lowest BCUT2D eigenvalue weighted by Crippen LogP contribution is -2.39. The molecule has 1 aromatic heterocycles. The molecule has 2 aliphatic rings. The number of rotatable bonds is 8. The molecule has 34 heavy (non-hydrogen) atoms. The molecular weight excluding hydrogens is 448 g/mol. The second kappa shape index (κ2) is 10.3. The Morgan fingerprint density at radius 1 is 1.24 bits per heavy atom. The number of hydrogen-bond acceptors (Lipinski definition) is 5. The summed E-state index contributed by atoms with van der Waals surface area (Å²) < 4.78 is 8.52. The predicted molar refractivity (Wildman–Crippen MR) is 137 cm³/mol. The van der Waals surface area contributed by atoms with E-state index in [1.807, 2.05) is 13.0 Å². The number of Topliss-reactive ketones (excluding diaryl/α,β-unsaturated/α-hetero) is 1. The Morgan fingerprint density at radius 3 is 2.71 bits per heavy atom. The van der Waals surface area contributed by atoms with E-state index < -0.39 is 0 Å². The lowest BCUT2D eigenvalue weighted by atomic mass is 9.81. The number of allylic oxidation sites excluding steroid dienone is 4. The summed E-state index contributed by atoms with van der Waals surface area (Å²) in [5.74, 6) is 2.77. The molecule has 1 saturated heterocycles. The monoisotopic (exact) mass is 482 g/mol. The van der Waals surface area contributed by atoms with E-state index in [4.69, 9.17) is 16.3 Å². The maximum atomic E-state index is 12.1. The number of carbonyl (C=O) groups excluding carboxylic acids is 1. The van der Waals surface area contributed by atoms with Crippen LogP contribution in [0.3, 0.4) is 0 Å². The molecular formula is C27H35ClN4O2. The minimum absolute atomic E-state index is 0.0319. The van der Waals surface area contributed by atoms with E-state index in [0.29, 0.717) is 22.8 Å². The van der Waals surface area contributed by atoms with Gasteiger partial charge in [-0.25, -0.2) is 0 Å². The zero-order valence-corrected chi connectivity index (χ0v) is 21.4. The van der Waals surface area contributed by atoms with Crippen LogP contribution in [0, 0.1) is 0 Å². The number of aromatic nitrogens is 3. The standard InChI is InChI=1S/C27H35ClN4O2/c1-5-7-8-9-19(3)27(4)14-17-32-25(27)29-30-26(32)31-15-12-20(13-16-31)34-21-10-11-23(28)22(18-21)24(33)6-2/h7-11,18,20H,5-6,12-17H2,1-4H3/b8-7-,19-9+. The average molecular weight is 483 g/mol. The van der Waals surface area contributed by atoms with Gasteiger partial charge in [0.05, 0.1) is 10.4 Å². The van der Waals surface area contributed by atoms with Crippen LogP contribution in [0.4, 0.5) is 5.95 Å². The number of anilines is 1. The quantitative estimate of drug-likeness (QED) is 0.333. The molecule has 3 heterocycles. The van der Waals surface area contributed by atoms with Crippen molar-refractivity contribution in [2.75, 3.05) is 18.0 Å². The summed E-state index contributed by atoms with van der Waals surface area (Å²) in [6.07, 6.45) is 10.9. The lowest BCUT2D eigenvalue weighted by Gasteiger charge is -2.32. The predicted octanol–water partition coefficient (Wildman–Crippen LogP) is 6.15. The molecule has 0 radical (unpaired) electrons. The van der Waals surface area contributed by atoms with Gasteiger partial charge in [0.1, 0.15) is 17.7 Å². The molecule has 6 nitrogen and oxygen atoms in total. The number of fused-ring (bicyclic) bond motifs is 1. The van der Waals surface area contributed by atoms with Gasteiger partial charge in [0.2, 0.25) is 5.95 Å². The first kappa shape index (κ1) is 24.5. The molecule has 1 unspecified atom stereocenters. The minimum atomic E-state index is -0.0764. The largest absolute Gasteiger partial charge is 0.490 e. The second-order valence-corrected chi connectivity index (χ2v) is 9.87. The number of carbonyl (C=O) groups is 1. The summed E-state index contributed by atoms with van der Waals surface area (Å²) in [5.41, 5.74) is 1.79. The van der Waals surface area contributed by atoms with Crippen LogP contribution in [0.5, 0.6) is 5.75 Å². The van der Waals surface area contributed by atoms with Crippen LogP contribution in [0.1, 0.15) is 76.0 Å². The van der Waals surface area contributed by atoms with Gasteiger partial charge in [-0.15, -0.1) is 10.2 Å². The van der Waals surface area contributed by atoms with Crippen LogP contribution in [-0.2, 0) is 12.0 Å². The Morgan fingerprint density at radius 2 is 2.00 bits per heavy atom. The van der Waals surface area contributed by atoms with Crippen LogP contribution in [0.25, 0.3) is 0 Å².